The van der Waals surface area contributed by atoms with E-state index in [9.17, 15) is 8.42 Å². The molecule has 132 valence electrons. The summed E-state index contributed by atoms with van der Waals surface area (Å²) in [5.74, 6) is 0.364. The van der Waals surface area contributed by atoms with Gasteiger partial charge in [-0.1, -0.05) is 12.1 Å². The summed E-state index contributed by atoms with van der Waals surface area (Å²) >= 11 is 0. The number of nitrogens with zero attached hydrogens (tertiary/aromatic N) is 3. The van der Waals surface area contributed by atoms with E-state index >= 15 is 0 Å². The van der Waals surface area contributed by atoms with E-state index in [2.05, 4.69) is 20.3 Å². The number of aromatic nitrogens is 3. The van der Waals surface area contributed by atoms with Gasteiger partial charge in [-0.25, -0.2) is 28.5 Å². The fourth-order valence-electron chi connectivity index (χ4n) is 2.30. The average molecular weight is 381 g/mol. The number of rotatable bonds is 5. The zero-order chi connectivity index (χ0) is 17.2. The van der Waals surface area contributed by atoms with Gasteiger partial charge in [0.1, 0.15) is 11.3 Å². The van der Waals surface area contributed by atoms with Crippen LogP contribution in [0.5, 0.6) is 0 Å². The van der Waals surface area contributed by atoms with E-state index in [4.69, 9.17) is 10.9 Å². The first kappa shape index (κ1) is 18.8. The van der Waals surface area contributed by atoms with Gasteiger partial charge in [-0.2, -0.15) is 0 Å². The van der Waals surface area contributed by atoms with Gasteiger partial charge in [0.15, 0.2) is 5.65 Å². The van der Waals surface area contributed by atoms with Crippen molar-refractivity contribution in [3.63, 3.8) is 0 Å². The third-order valence-corrected chi connectivity index (χ3v) is 4.37. The number of primary sulfonamides is 1. The molecule has 0 unspecified atom stereocenters. The topological polar surface area (TPSA) is 137 Å². The number of sulfonamides is 1. The van der Waals surface area contributed by atoms with E-state index in [-0.39, 0.29) is 17.3 Å². The van der Waals surface area contributed by atoms with Crippen LogP contribution in [0.1, 0.15) is 5.56 Å². The van der Waals surface area contributed by atoms with Gasteiger partial charge in [-0.3, -0.25) is 0 Å². The Hall–Kier alpha value is -2.49. The van der Waals surface area contributed by atoms with Crippen LogP contribution in [0.3, 0.4) is 0 Å². The van der Waals surface area contributed by atoms with Crippen molar-refractivity contribution in [3.8, 4) is 0 Å². The number of halogens is 1. The summed E-state index contributed by atoms with van der Waals surface area (Å²) in [5, 5.41) is 8.34. The van der Waals surface area contributed by atoms with Crippen LogP contribution in [0, 0.1) is 0 Å². The van der Waals surface area contributed by atoms with Crippen molar-refractivity contribution < 1.29 is 8.42 Å². The summed E-state index contributed by atoms with van der Waals surface area (Å²) in [7, 11) is -3.66. The number of nitrogen functional groups attached to an aromatic ring is 1. The minimum Gasteiger partial charge on any atom is -0.384 e. The molecule has 0 saturated heterocycles. The minimum absolute atomic E-state index is 0. The van der Waals surface area contributed by atoms with Crippen LogP contribution in [0.25, 0.3) is 11.2 Å². The molecular weight excluding hydrogens is 364 g/mol. The van der Waals surface area contributed by atoms with Crippen molar-refractivity contribution in [2.75, 3.05) is 17.6 Å². The molecule has 2 aromatic heterocycles. The van der Waals surface area contributed by atoms with E-state index in [1.54, 1.807) is 30.6 Å². The number of hydrogen-bond acceptors (Lipinski definition) is 7. The number of anilines is 2. The third-order valence-electron chi connectivity index (χ3n) is 3.44. The standard InChI is InChI=1S/C15H16N6O2S.ClH/c16-13-9-12(14-15(21-13)20-8-7-19-14)18-6-5-10-1-3-11(4-2-10)24(17,22)23;/h1-4,7-9H,5-6H2,(H2,17,22,23)(H3,16,18,20,21);1H. The molecule has 0 atom stereocenters. The van der Waals surface area contributed by atoms with Crippen LogP contribution in [0.4, 0.5) is 11.5 Å². The Bertz CT molecular complexity index is 979. The van der Waals surface area contributed by atoms with Gasteiger partial charge in [-0.05, 0) is 24.1 Å². The number of nitrogens with one attached hydrogen (secondary N) is 1. The second-order valence-corrected chi connectivity index (χ2v) is 6.75. The van der Waals surface area contributed by atoms with Gasteiger partial charge in [-0.15, -0.1) is 12.4 Å². The van der Waals surface area contributed by atoms with Crippen molar-refractivity contribution in [3.05, 3.63) is 48.3 Å². The lowest BCUT2D eigenvalue weighted by Gasteiger charge is -2.09. The Morgan fingerprint density at radius 1 is 1.08 bits per heavy atom. The molecule has 0 aliphatic heterocycles. The average Bonchev–Trinajstić information content (AvgIpc) is 2.54. The van der Waals surface area contributed by atoms with Gasteiger partial charge in [0.2, 0.25) is 10.0 Å². The number of pyridine rings is 1. The second kappa shape index (κ2) is 7.60. The van der Waals surface area contributed by atoms with Gasteiger partial charge < -0.3 is 11.1 Å². The van der Waals surface area contributed by atoms with E-state index in [1.165, 1.54) is 12.1 Å². The van der Waals surface area contributed by atoms with Crippen LogP contribution in [0.2, 0.25) is 0 Å². The summed E-state index contributed by atoms with van der Waals surface area (Å²) in [4.78, 5) is 12.6. The first-order valence-electron chi connectivity index (χ1n) is 7.16. The highest BCUT2D eigenvalue weighted by atomic mass is 35.5. The van der Waals surface area contributed by atoms with Crippen LogP contribution in [0.15, 0.2) is 47.6 Å². The molecule has 0 spiro atoms. The van der Waals surface area contributed by atoms with Crippen molar-refractivity contribution in [1.29, 1.82) is 0 Å². The Labute approximate surface area is 151 Å². The fraction of sp³-hybridized carbons (Fsp3) is 0.133. The highest BCUT2D eigenvalue weighted by Gasteiger charge is 2.08. The molecule has 25 heavy (non-hydrogen) atoms. The van der Waals surface area contributed by atoms with Crippen molar-refractivity contribution in [2.45, 2.75) is 11.3 Å². The molecule has 5 N–H and O–H groups in total. The maximum absolute atomic E-state index is 11.2. The number of hydrogen-bond donors (Lipinski definition) is 3. The maximum atomic E-state index is 11.2. The van der Waals surface area contributed by atoms with Crippen LogP contribution < -0.4 is 16.2 Å². The quantitative estimate of drug-likeness (QED) is 0.607. The lowest BCUT2D eigenvalue weighted by Crippen LogP contribution is -2.12. The van der Waals surface area contributed by atoms with E-state index in [0.29, 0.717) is 29.9 Å². The van der Waals surface area contributed by atoms with Gasteiger partial charge >= 0.3 is 0 Å². The molecule has 2 heterocycles. The lowest BCUT2D eigenvalue weighted by atomic mass is 10.1. The molecule has 0 saturated carbocycles. The van der Waals surface area contributed by atoms with Crippen LogP contribution in [-0.4, -0.2) is 29.9 Å². The SMILES string of the molecule is Cl.Nc1cc(NCCc2ccc(S(N)(=O)=O)cc2)c2nccnc2n1. The highest BCUT2D eigenvalue weighted by Crippen LogP contribution is 2.20. The summed E-state index contributed by atoms with van der Waals surface area (Å²) in [6.07, 6.45) is 3.85. The van der Waals surface area contributed by atoms with Gasteiger partial charge in [0, 0.05) is 25.0 Å². The number of fused-ring (bicyclic) bond motifs is 1. The van der Waals surface area contributed by atoms with Crippen molar-refractivity contribution >= 4 is 45.1 Å². The third kappa shape index (κ3) is 4.53. The summed E-state index contributed by atoms with van der Waals surface area (Å²) in [6, 6.07) is 8.17. The van der Waals surface area contributed by atoms with Crippen molar-refractivity contribution in [1.82, 2.24) is 15.0 Å². The Morgan fingerprint density at radius 2 is 1.76 bits per heavy atom. The smallest absolute Gasteiger partial charge is 0.238 e. The molecule has 8 nitrogen and oxygen atoms in total. The predicted octanol–water partition coefficient (Wildman–Crippen LogP) is 1.33. The largest absolute Gasteiger partial charge is 0.384 e. The Morgan fingerprint density at radius 3 is 2.44 bits per heavy atom. The zero-order valence-electron chi connectivity index (χ0n) is 13.1. The molecule has 0 bridgehead atoms. The summed E-state index contributed by atoms with van der Waals surface area (Å²) in [5.41, 5.74) is 8.65. The molecule has 1 aromatic carbocycles. The Balaban J connectivity index is 0.00000225. The van der Waals surface area contributed by atoms with Gasteiger partial charge in [0.05, 0.1) is 10.6 Å². The summed E-state index contributed by atoms with van der Waals surface area (Å²) in [6.45, 7) is 0.615. The molecule has 0 aliphatic rings. The fourth-order valence-corrected chi connectivity index (χ4v) is 2.81. The normalized spacial score (nSPS) is 11.1. The molecule has 0 amide bonds. The first-order valence-corrected chi connectivity index (χ1v) is 8.71. The molecule has 3 rings (SSSR count). The molecule has 3 aromatic rings. The molecular formula is C15H17ClN6O2S. The lowest BCUT2D eigenvalue weighted by molar-refractivity contribution is 0.598. The van der Waals surface area contributed by atoms with E-state index < -0.39 is 10.0 Å². The molecule has 10 heteroatoms. The predicted molar refractivity (Wildman–Crippen MR) is 99.0 cm³/mol. The molecule has 0 radical (unpaired) electrons. The molecule has 0 aliphatic carbocycles. The minimum atomic E-state index is -3.66. The van der Waals surface area contributed by atoms with Crippen molar-refractivity contribution in [2.24, 2.45) is 5.14 Å². The van der Waals surface area contributed by atoms with E-state index in [1.807, 2.05) is 0 Å². The van der Waals surface area contributed by atoms with Crippen LogP contribution in [-0.2, 0) is 16.4 Å². The Kier molecular flexibility index (Phi) is 5.73. The number of benzene rings is 1. The van der Waals surface area contributed by atoms with E-state index in [0.717, 1.165) is 11.3 Å². The zero-order valence-corrected chi connectivity index (χ0v) is 14.7. The molecule has 0 fully saturated rings. The summed E-state index contributed by atoms with van der Waals surface area (Å²) < 4.78 is 22.5. The second-order valence-electron chi connectivity index (χ2n) is 5.19. The van der Waals surface area contributed by atoms with Crippen LogP contribution >= 0.6 is 12.4 Å². The number of nitrogens with two attached hydrogens (primary N) is 2. The highest BCUT2D eigenvalue weighted by molar-refractivity contribution is 7.89. The van der Waals surface area contributed by atoms with Gasteiger partial charge in [0.25, 0.3) is 0 Å². The first-order chi connectivity index (χ1) is 11.4. The maximum Gasteiger partial charge on any atom is 0.238 e. The monoisotopic (exact) mass is 380 g/mol.